The fourth-order valence-electron chi connectivity index (χ4n) is 0.745. The highest BCUT2D eigenvalue weighted by Crippen LogP contribution is 2.11. The highest BCUT2D eigenvalue weighted by atomic mass is 14.5. The lowest BCUT2D eigenvalue weighted by Gasteiger charge is -1.97. The van der Waals surface area contributed by atoms with Gasteiger partial charge in [0.2, 0.25) is 0 Å². The van der Waals surface area contributed by atoms with Crippen molar-refractivity contribution in [2.45, 2.75) is 20.8 Å². The van der Waals surface area contributed by atoms with E-state index in [1.54, 1.807) is 18.2 Å². The SMILES string of the molecule is CC.Cc1cc(C#N)ccc1N. The van der Waals surface area contributed by atoms with E-state index in [-0.39, 0.29) is 0 Å². The van der Waals surface area contributed by atoms with Gasteiger partial charge in [-0.05, 0) is 30.7 Å². The van der Waals surface area contributed by atoms with Crippen molar-refractivity contribution in [3.8, 4) is 6.07 Å². The van der Waals surface area contributed by atoms with E-state index < -0.39 is 0 Å². The van der Waals surface area contributed by atoms with E-state index in [2.05, 4.69) is 0 Å². The predicted octanol–water partition coefficient (Wildman–Crippen LogP) is 2.48. The molecule has 0 aromatic heterocycles. The number of nitrogens with zero attached hydrogens (tertiary/aromatic N) is 1. The van der Waals surface area contributed by atoms with Crippen LogP contribution in [0.3, 0.4) is 0 Å². The summed E-state index contributed by atoms with van der Waals surface area (Å²) in [7, 11) is 0. The van der Waals surface area contributed by atoms with Crippen LogP contribution >= 0.6 is 0 Å². The monoisotopic (exact) mass is 162 g/mol. The summed E-state index contributed by atoms with van der Waals surface area (Å²) in [5, 5.41) is 8.46. The second-order valence-electron chi connectivity index (χ2n) is 2.18. The Hall–Kier alpha value is -1.49. The van der Waals surface area contributed by atoms with E-state index in [9.17, 15) is 0 Å². The van der Waals surface area contributed by atoms with Gasteiger partial charge >= 0.3 is 0 Å². The average molecular weight is 162 g/mol. The van der Waals surface area contributed by atoms with Crippen LogP contribution in [0.15, 0.2) is 18.2 Å². The van der Waals surface area contributed by atoms with Gasteiger partial charge in [-0.15, -0.1) is 0 Å². The fraction of sp³-hybridized carbons (Fsp3) is 0.300. The van der Waals surface area contributed by atoms with Gasteiger partial charge in [0, 0.05) is 5.69 Å². The van der Waals surface area contributed by atoms with Crippen molar-refractivity contribution >= 4 is 5.69 Å². The van der Waals surface area contributed by atoms with Crippen LogP contribution in [0.5, 0.6) is 0 Å². The normalized spacial score (nSPS) is 7.83. The Morgan fingerprint density at radius 3 is 2.33 bits per heavy atom. The molecule has 0 radical (unpaired) electrons. The first-order valence-corrected chi connectivity index (χ1v) is 4.00. The van der Waals surface area contributed by atoms with Crippen molar-refractivity contribution < 1.29 is 0 Å². The van der Waals surface area contributed by atoms with Gasteiger partial charge in [-0.25, -0.2) is 0 Å². The highest BCUT2D eigenvalue weighted by Gasteiger charge is 1.93. The molecule has 0 unspecified atom stereocenters. The lowest BCUT2D eigenvalue weighted by atomic mass is 10.1. The molecule has 2 heteroatoms. The van der Waals surface area contributed by atoms with Crippen molar-refractivity contribution in [2.75, 3.05) is 5.73 Å². The van der Waals surface area contributed by atoms with Gasteiger partial charge in [0.15, 0.2) is 0 Å². The summed E-state index contributed by atoms with van der Waals surface area (Å²) in [6.45, 7) is 5.89. The van der Waals surface area contributed by atoms with Crippen LogP contribution in [0.25, 0.3) is 0 Å². The molecular formula is C10H14N2. The van der Waals surface area contributed by atoms with Gasteiger partial charge in [-0.2, -0.15) is 5.26 Å². The minimum atomic E-state index is 0.659. The minimum absolute atomic E-state index is 0.659. The maximum Gasteiger partial charge on any atom is 0.0991 e. The lowest BCUT2D eigenvalue weighted by molar-refractivity contribution is 1.42. The van der Waals surface area contributed by atoms with Crippen LogP contribution in [0, 0.1) is 18.3 Å². The topological polar surface area (TPSA) is 49.8 Å². The molecule has 1 aromatic carbocycles. The molecular weight excluding hydrogens is 148 g/mol. The molecule has 2 N–H and O–H groups in total. The van der Waals surface area contributed by atoms with Gasteiger partial charge in [0.25, 0.3) is 0 Å². The van der Waals surface area contributed by atoms with Crippen LogP contribution in [-0.2, 0) is 0 Å². The molecule has 12 heavy (non-hydrogen) atoms. The largest absolute Gasteiger partial charge is 0.399 e. The van der Waals surface area contributed by atoms with Crippen LogP contribution < -0.4 is 5.73 Å². The smallest absolute Gasteiger partial charge is 0.0991 e. The van der Waals surface area contributed by atoms with Gasteiger partial charge in [-0.3, -0.25) is 0 Å². The third-order valence-corrected chi connectivity index (χ3v) is 1.40. The maximum absolute atomic E-state index is 8.46. The summed E-state index contributed by atoms with van der Waals surface area (Å²) in [5.41, 5.74) is 7.89. The van der Waals surface area contributed by atoms with E-state index in [0.29, 0.717) is 5.56 Å². The fourth-order valence-corrected chi connectivity index (χ4v) is 0.745. The van der Waals surface area contributed by atoms with E-state index in [1.165, 1.54) is 0 Å². The average Bonchev–Trinajstić information content (AvgIpc) is 2.13. The molecule has 0 aliphatic carbocycles. The number of hydrogen-bond acceptors (Lipinski definition) is 2. The van der Waals surface area contributed by atoms with Crippen LogP contribution in [0.4, 0.5) is 5.69 Å². The molecule has 0 aliphatic heterocycles. The van der Waals surface area contributed by atoms with Crippen molar-refractivity contribution in [1.82, 2.24) is 0 Å². The molecule has 0 saturated heterocycles. The minimum Gasteiger partial charge on any atom is -0.399 e. The molecule has 0 heterocycles. The number of rotatable bonds is 0. The van der Waals surface area contributed by atoms with E-state index >= 15 is 0 Å². The molecule has 0 bridgehead atoms. The molecule has 2 nitrogen and oxygen atoms in total. The number of nitriles is 1. The Morgan fingerprint density at radius 1 is 1.33 bits per heavy atom. The van der Waals surface area contributed by atoms with Crippen LogP contribution in [0.1, 0.15) is 25.0 Å². The molecule has 64 valence electrons. The first-order chi connectivity index (χ1) is 5.74. The van der Waals surface area contributed by atoms with E-state index in [4.69, 9.17) is 11.0 Å². The molecule has 0 aliphatic rings. The summed E-state index contributed by atoms with van der Waals surface area (Å²) in [5.74, 6) is 0. The number of anilines is 1. The molecule has 0 saturated carbocycles. The Kier molecular flexibility index (Phi) is 4.55. The Balaban J connectivity index is 0.000000561. The van der Waals surface area contributed by atoms with Crippen molar-refractivity contribution in [3.05, 3.63) is 29.3 Å². The molecule has 0 atom stereocenters. The van der Waals surface area contributed by atoms with Crippen LogP contribution in [-0.4, -0.2) is 0 Å². The standard InChI is InChI=1S/C8H8N2.C2H6/c1-6-4-7(5-9)2-3-8(6)10;1-2/h2-4H,10H2,1H3;1-2H3. The van der Waals surface area contributed by atoms with Gasteiger partial charge in [0.05, 0.1) is 11.6 Å². The second-order valence-corrected chi connectivity index (χ2v) is 2.18. The number of nitrogens with two attached hydrogens (primary N) is 1. The Labute approximate surface area is 73.6 Å². The van der Waals surface area contributed by atoms with Gasteiger partial charge in [-0.1, -0.05) is 13.8 Å². The summed E-state index contributed by atoms with van der Waals surface area (Å²) >= 11 is 0. The predicted molar refractivity (Wildman–Crippen MR) is 51.7 cm³/mol. The number of aryl methyl sites for hydroxylation is 1. The molecule has 1 rings (SSSR count). The van der Waals surface area contributed by atoms with Crippen molar-refractivity contribution in [1.29, 1.82) is 5.26 Å². The maximum atomic E-state index is 8.46. The zero-order valence-electron chi connectivity index (χ0n) is 7.76. The third-order valence-electron chi connectivity index (χ3n) is 1.40. The number of benzene rings is 1. The summed E-state index contributed by atoms with van der Waals surface area (Å²) in [6.07, 6.45) is 0. The molecule has 0 amide bonds. The Morgan fingerprint density at radius 2 is 1.92 bits per heavy atom. The molecule has 0 spiro atoms. The first kappa shape index (κ1) is 10.5. The van der Waals surface area contributed by atoms with Gasteiger partial charge in [0.1, 0.15) is 0 Å². The number of nitrogen functional groups attached to an aromatic ring is 1. The number of hydrogen-bond donors (Lipinski definition) is 1. The zero-order valence-corrected chi connectivity index (χ0v) is 7.76. The summed E-state index contributed by atoms with van der Waals surface area (Å²) in [6, 6.07) is 7.27. The van der Waals surface area contributed by atoms with E-state index in [0.717, 1.165) is 11.3 Å². The van der Waals surface area contributed by atoms with Crippen molar-refractivity contribution in [2.24, 2.45) is 0 Å². The lowest BCUT2D eigenvalue weighted by Crippen LogP contribution is -1.88. The van der Waals surface area contributed by atoms with E-state index in [1.807, 2.05) is 26.8 Å². The zero-order chi connectivity index (χ0) is 9.56. The molecule has 0 fully saturated rings. The Bertz CT molecular complexity index is 284. The quantitative estimate of drug-likeness (QED) is 0.596. The highest BCUT2D eigenvalue weighted by molar-refractivity contribution is 5.50. The van der Waals surface area contributed by atoms with Crippen molar-refractivity contribution in [3.63, 3.8) is 0 Å². The first-order valence-electron chi connectivity index (χ1n) is 4.00. The van der Waals surface area contributed by atoms with Gasteiger partial charge < -0.3 is 5.73 Å². The molecule has 1 aromatic rings. The van der Waals surface area contributed by atoms with Crippen LogP contribution in [0.2, 0.25) is 0 Å². The third kappa shape index (κ3) is 2.63. The second kappa shape index (κ2) is 5.20. The summed E-state index contributed by atoms with van der Waals surface area (Å²) < 4.78 is 0. The summed E-state index contributed by atoms with van der Waals surface area (Å²) in [4.78, 5) is 0.